The second-order valence-corrected chi connectivity index (χ2v) is 6.84. The number of amides is 1. The maximum Gasteiger partial charge on any atom is 0.224 e. The molecule has 0 spiro atoms. The van der Waals surface area contributed by atoms with Crippen LogP contribution in [0.3, 0.4) is 0 Å². The Bertz CT molecular complexity index is 691. The first kappa shape index (κ1) is 21.1. The lowest BCUT2D eigenvalue weighted by molar-refractivity contribution is -0.125. The number of rotatable bonds is 6. The van der Waals surface area contributed by atoms with Gasteiger partial charge in [-0.05, 0) is 23.3 Å². The number of hydrogen-bond acceptors (Lipinski definition) is 2. The highest BCUT2D eigenvalue weighted by atomic mass is 35.5. The molecule has 0 aliphatic rings. The van der Waals surface area contributed by atoms with Crippen LogP contribution in [0.2, 0.25) is 0 Å². The number of carbonyl (C=O) groups excluding carboxylic acids is 1. The van der Waals surface area contributed by atoms with Crippen LogP contribution in [0.4, 0.5) is 4.39 Å². The van der Waals surface area contributed by atoms with Crippen molar-refractivity contribution in [2.24, 2.45) is 11.7 Å². The summed E-state index contributed by atoms with van der Waals surface area (Å²) in [5, 5.41) is 2.95. The third-order valence-corrected chi connectivity index (χ3v) is 4.45. The lowest BCUT2D eigenvalue weighted by Gasteiger charge is -2.27. The van der Waals surface area contributed by atoms with Crippen LogP contribution in [-0.4, -0.2) is 12.5 Å². The second kappa shape index (κ2) is 8.97. The molecule has 5 heteroatoms. The lowest BCUT2D eigenvalue weighted by atomic mass is 9.84. The highest BCUT2D eigenvalue weighted by molar-refractivity contribution is 5.85. The van der Waals surface area contributed by atoms with Gasteiger partial charge in [0.1, 0.15) is 5.82 Å². The summed E-state index contributed by atoms with van der Waals surface area (Å²) in [5.41, 5.74) is 7.62. The molecule has 2 unspecified atom stereocenters. The van der Waals surface area contributed by atoms with E-state index < -0.39 is 0 Å². The smallest absolute Gasteiger partial charge is 0.224 e. The normalized spacial score (nSPS) is 13.5. The maximum atomic E-state index is 13.4. The van der Waals surface area contributed by atoms with Crippen LogP contribution in [0, 0.1) is 11.7 Å². The minimum atomic E-state index is -0.367. The van der Waals surface area contributed by atoms with Crippen molar-refractivity contribution in [3.63, 3.8) is 0 Å². The molecule has 2 aromatic rings. The summed E-state index contributed by atoms with van der Waals surface area (Å²) in [5.74, 6) is -0.724. The fraction of sp³-hybridized carbons (Fsp3) is 0.350. The average Bonchev–Trinajstić information content (AvgIpc) is 2.59. The van der Waals surface area contributed by atoms with Crippen molar-refractivity contribution in [1.29, 1.82) is 0 Å². The van der Waals surface area contributed by atoms with E-state index in [1.807, 2.05) is 57.2 Å². The van der Waals surface area contributed by atoms with Gasteiger partial charge >= 0.3 is 0 Å². The molecular formula is C20H26ClFN2O. The quantitative estimate of drug-likeness (QED) is 0.814. The molecule has 0 fully saturated rings. The molecular weight excluding hydrogens is 339 g/mol. The van der Waals surface area contributed by atoms with Gasteiger partial charge in [-0.15, -0.1) is 12.4 Å². The van der Waals surface area contributed by atoms with E-state index in [4.69, 9.17) is 5.73 Å². The molecule has 0 aliphatic heterocycles. The average molecular weight is 365 g/mol. The van der Waals surface area contributed by atoms with Gasteiger partial charge in [-0.1, -0.05) is 63.2 Å². The number of nitrogens with one attached hydrogen (secondary N) is 1. The Balaban J connectivity index is 0.00000312. The topological polar surface area (TPSA) is 55.1 Å². The molecule has 0 aliphatic carbocycles. The number of benzene rings is 2. The Morgan fingerprint density at radius 2 is 1.80 bits per heavy atom. The summed E-state index contributed by atoms with van der Waals surface area (Å²) in [7, 11) is 0. The van der Waals surface area contributed by atoms with Gasteiger partial charge in [-0.3, -0.25) is 4.79 Å². The Labute approximate surface area is 155 Å². The highest BCUT2D eigenvalue weighted by Crippen LogP contribution is 2.24. The molecule has 0 radical (unpaired) electrons. The van der Waals surface area contributed by atoms with Crippen molar-refractivity contribution < 1.29 is 9.18 Å². The number of halogens is 2. The van der Waals surface area contributed by atoms with E-state index >= 15 is 0 Å². The number of carbonyl (C=O) groups is 1. The fourth-order valence-corrected chi connectivity index (χ4v) is 2.61. The summed E-state index contributed by atoms with van der Waals surface area (Å²) in [6.45, 7) is 6.19. The van der Waals surface area contributed by atoms with Crippen molar-refractivity contribution >= 4 is 18.3 Å². The predicted octanol–water partition coefficient (Wildman–Crippen LogP) is 3.98. The molecule has 0 bridgehead atoms. The third kappa shape index (κ3) is 5.55. The molecule has 3 N–H and O–H groups in total. The van der Waals surface area contributed by atoms with E-state index in [0.717, 1.165) is 11.1 Å². The number of nitrogens with two attached hydrogens (primary N) is 1. The van der Waals surface area contributed by atoms with E-state index in [2.05, 4.69) is 5.32 Å². The van der Waals surface area contributed by atoms with Gasteiger partial charge in [0.05, 0.1) is 5.92 Å². The molecule has 1 amide bonds. The van der Waals surface area contributed by atoms with Crippen molar-refractivity contribution in [2.45, 2.75) is 32.2 Å². The van der Waals surface area contributed by atoms with E-state index in [1.165, 1.54) is 12.1 Å². The summed E-state index contributed by atoms with van der Waals surface area (Å²) < 4.78 is 13.4. The lowest BCUT2D eigenvalue weighted by Crippen LogP contribution is -2.41. The van der Waals surface area contributed by atoms with Crippen LogP contribution < -0.4 is 11.1 Å². The Kier molecular flexibility index (Phi) is 7.59. The van der Waals surface area contributed by atoms with Crippen LogP contribution in [0.25, 0.3) is 0 Å². The standard InChI is InChI=1S/C20H25FN2O.ClH/c1-14(18(22)15-8-5-4-6-9-15)19(24)23-13-20(2,3)16-10-7-11-17(21)12-16;/h4-12,14,18H,13,22H2,1-3H3,(H,23,24);1H. The van der Waals surface area contributed by atoms with Gasteiger partial charge < -0.3 is 11.1 Å². The Morgan fingerprint density at radius 1 is 1.16 bits per heavy atom. The Hall–Kier alpha value is -1.91. The SMILES string of the molecule is CC(C(=O)NCC(C)(C)c1cccc(F)c1)C(N)c1ccccc1.Cl. The van der Waals surface area contributed by atoms with Crippen LogP contribution in [0.15, 0.2) is 54.6 Å². The van der Waals surface area contributed by atoms with Crippen LogP contribution in [-0.2, 0) is 10.2 Å². The van der Waals surface area contributed by atoms with E-state index in [0.29, 0.717) is 6.54 Å². The van der Waals surface area contributed by atoms with Gasteiger partial charge in [0.15, 0.2) is 0 Å². The Morgan fingerprint density at radius 3 is 2.40 bits per heavy atom. The van der Waals surface area contributed by atoms with Crippen molar-refractivity contribution in [2.75, 3.05) is 6.54 Å². The molecule has 0 heterocycles. The molecule has 25 heavy (non-hydrogen) atoms. The van der Waals surface area contributed by atoms with Crippen molar-refractivity contribution in [1.82, 2.24) is 5.32 Å². The predicted molar refractivity (Wildman–Crippen MR) is 102 cm³/mol. The molecule has 3 nitrogen and oxygen atoms in total. The second-order valence-electron chi connectivity index (χ2n) is 6.84. The summed E-state index contributed by atoms with van der Waals surface area (Å²) in [6, 6.07) is 15.7. The minimum Gasteiger partial charge on any atom is -0.355 e. The molecule has 2 rings (SSSR count). The molecule has 136 valence electrons. The summed E-state index contributed by atoms with van der Waals surface area (Å²) >= 11 is 0. The zero-order chi connectivity index (χ0) is 17.7. The minimum absolute atomic E-state index is 0. The van der Waals surface area contributed by atoms with Crippen molar-refractivity contribution in [3.05, 3.63) is 71.5 Å². The molecule has 2 atom stereocenters. The first-order valence-electron chi connectivity index (χ1n) is 8.15. The zero-order valence-corrected chi connectivity index (χ0v) is 15.6. The third-order valence-electron chi connectivity index (χ3n) is 4.45. The van der Waals surface area contributed by atoms with E-state index in [-0.39, 0.29) is 41.5 Å². The van der Waals surface area contributed by atoms with Gasteiger partial charge in [0, 0.05) is 18.0 Å². The van der Waals surface area contributed by atoms with Crippen LogP contribution >= 0.6 is 12.4 Å². The van der Waals surface area contributed by atoms with Crippen LogP contribution in [0.1, 0.15) is 37.9 Å². The highest BCUT2D eigenvalue weighted by Gasteiger charge is 2.26. The molecule has 0 aromatic heterocycles. The largest absolute Gasteiger partial charge is 0.355 e. The summed E-state index contributed by atoms with van der Waals surface area (Å²) in [4.78, 5) is 12.4. The van der Waals surface area contributed by atoms with Gasteiger partial charge in [-0.25, -0.2) is 4.39 Å². The first-order valence-corrected chi connectivity index (χ1v) is 8.15. The van der Waals surface area contributed by atoms with Gasteiger partial charge in [0.2, 0.25) is 5.91 Å². The van der Waals surface area contributed by atoms with Crippen molar-refractivity contribution in [3.8, 4) is 0 Å². The van der Waals surface area contributed by atoms with Gasteiger partial charge in [-0.2, -0.15) is 0 Å². The van der Waals surface area contributed by atoms with Gasteiger partial charge in [0.25, 0.3) is 0 Å². The fourth-order valence-electron chi connectivity index (χ4n) is 2.61. The zero-order valence-electron chi connectivity index (χ0n) is 14.8. The maximum absolute atomic E-state index is 13.4. The molecule has 0 saturated carbocycles. The van der Waals surface area contributed by atoms with E-state index in [1.54, 1.807) is 6.07 Å². The van der Waals surface area contributed by atoms with Crippen LogP contribution in [0.5, 0.6) is 0 Å². The molecule has 2 aromatic carbocycles. The number of hydrogen-bond donors (Lipinski definition) is 2. The summed E-state index contributed by atoms with van der Waals surface area (Å²) in [6.07, 6.45) is 0. The molecule has 0 saturated heterocycles. The van der Waals surface area contributed by atoms with E-state index in [9.17, 15) is 9.18 Å². The first-order chi connectivity index (χ1) is 11.3. The monoisotopic (exact) mass is 364 g/mol.